The third-order valence-corrected chi connectivity index (χ3v) is 8.20. The molecule has 250 valence electrons. The first kappa shape index (κ1) is 39.6. The van der Waals surface area contributed by atoms with Crippen molar-refractivity contribution in [1.82, 2.24) is 0 Å². The van der Waals surface area contributed by atoms with Gasteiger partial charge in [-0.15, -0.1) is 0 Å². The number of unbranched alkanes of at least 4 members (excludes halogenated alkanes) is 17. The van der Waals surface area contributed by atoms with Gasteiger partial charge in [-0.05, 0) is 42.4 Å². The molecular weight excluding hydrogens is 536 g/mol. The highest BCUT2D eigenvalue weighted by Gasteiger charge is 2.14. The van der Waals surface area contributed by atoms with Crippen molar-refractivity contribution in [2.45, 2.75) is 188 Å². The summed E-state index contributed by atoms with van der Waals surface area (Å²) in [6, 6.07) is 6.16. The first-order valence-corrected chi connectivity index (χ1v) is 18.2. The summed E-state index contributed by atoms with van der Waals surface area (Å²) in [5.41, 5.74) is 3.05. The van der Waals surface area contributed by atoms with Gasteiger partial charge >= 0.3 is 5.97 Å². The van der Waals surface area contributed by atoms with Crippen LogP contribution in [0.1, 0.15) is 179 Å². The summed E-state index contributed by atoms with van der Waals surface area (Å²) in [6.45, 7) is 8.32. The van der Waals surface area contributed by atoms with Gasteiger partial charge in [-0.2, -0.15) is 0 Å². The second kappa shape index (κ2) is 29.3. The average Bonchev–Trinajstić information content (AvgIpc) is 3.02. The van der Waals surface area contributed by atoms with Gasteiger partial charge in [0, 0.05) is 19.6 Å². The molecule has 5 nitrogen and oxygen atoms in total. The van der Waals surface area contributed by atoms with Crippen LogP contribution in [0.5, 0.6) is 0 Å². The van der Waals surface area contributed by atoms with E-state index in [-0.39, 0.29) is 31.9 Å². The van der Waals surface area contributed by atoms with Gasteiger partial charge in [0.2, 0.25) is 0 Å². The van der Waals surface area contributed by atoms with Crippen molar-refractivity contribution in [2.75, 3.05) is 13.2 Å². The summed E-state index contributed by atoms with van der Waals surface area (Å²) in [7, 11) is 0. The summed E-state index contributed by atoms with van der Waals surface area (Å²) >= 11 is 0. The highest BCUT2D eigenvalue weighted by atomic mass is 16.7. The zero-order valence-electron chi connectivity index (χ0n) is 28.5. The van der Waals surface area contributed by atoms with E-state index in [1.807, 2.05) is 6.07 Å². The van der Waals surface area contributed by atoms with Crippen LogP contribution in [0, 0.1) is 0 Å². The average molecular weight is 605 g/mol. The Morgan fingerprint density at radius 3 is 1.56 bits per heavy atom. The van der Waals surface area contributed by atoms with E-state index in [1.54, 1.807) is 0 Å². The van der Waals surface area contributed by atoms with Crippen molar-refractivity contribution < 1.29 is 24.1 Å². The van der Waals surface area contributed by atoms with Crippen LogP contribution in [-0.4, -0.2) is 30.6 Å². The van der Waals surface area contributed by atoms with E-state index in [2.05, 4.69) is 32.9 Å². The summed E-state index contributed by atoms with van der Waals surface area (Å²) in [5, 5.41) is 9.77. The zero-order chi connectivity index (χ0) is 31.2. The van der Waals surface area contributed by atoms with Crippen molar-refractivity contribution in [3.05, 3.63) is 34.9 Å². The number of aliphatic hydroxyl groups is 1. The molecule has 1 aromatic rings. The number of aryl methyl sites for hydroxylation is 1. The van der Waals surface area contributed by atoms with E-state index in [0.717, 1.165) is 36.8 Å². The minimum Gasteiger partial charge on any atom is -0.461 e. The molecule has 0 aliphatic rings. The lowest BCUT2D eigenvalue weighted by Gasteiger charge is -2.19. The fourth-order valence-electron chi connectivity index (χ4n) is 5.50. The van der Waals surface area contributed by atoms with Crippen LogP contribution in [0.25, 0.3) is 0 Å². The first-order valence-electron chi connectivity index (χ1n) is 18.2. The van der Waals surface area contributed by atoms with E-state index in [0.29, 0.717) is 19.6 Å². The number of ether oxygens (including phenoxy) is 3. The molecule has 0 fully saturated rings. The number of esters is 1. The van der Waals surface area contributed by atoms with Crippen molar-refractivity contribution in [2.24, 2.45) is 0 Å². The molecule has 1 aromatic carbocycles. The molecule has 0 unspecified atom stereocenters. The molecule has 0 saturated carbocycles. The van der Waals surface area contributed by atoms with Crippen molar-refractivity contribution >= 4 is 5.97 Å². The SMILES string of the molecule is CCCCCCCCCCc1cc(CO)cc(COC(=O)CCC(OCCCCCCCC)OCCCCCCCC)c1. The third-order valence-electron chi connectivity index (χ3n) is 8.20. The topological polar surface area (TPSA) is 65.0 Å². The Labute approximate surface area is 265 Å². The van der Waals surface area contributed by atoms with Gasteiger partial charge in [0.15, 0.2) is 6.29 Å². The largest absolute Gasteiger partial charge is 0.461 e. The van der Waals surface area contributed by atoms with Gasteiger partial charge in [0.25, 0.3) is 0 Å². The van der Waals surface area contributed by atoms with E-state index < -0.39 is 0 Å². The van der Waals surface area contributed by atoms with E-state index in [9.17, 15) is 9.90 Å². The molecule has 0 aromatic heterocycles. The molecule has 0 saturated heterocycles. The van der Waals surface area contributed by atoms with Gasteiger partial charge in [0.1, 0.15) is 6.61 Å². The Balaban J connectivity index is 2.44. The van der Waals surface area contributed by atoms with Crippen molar-refractivity contribution in [1.29, 1.82) is 0 Å². The quantitative estimate of drug-likeness (QED) is 0.0519. The Hall–Kier alpha value is -1.43. The molecule has 0 aliphatic carbocycles. The molecule has 0 spiro atoms. The number of benzene rings is 1. The molecule has 5 heteroatoms. The van der Waals surface area contributed by atoms with Crippen LogP contribution in [0.2, 0.25) is 0 Å². The van der Waals surface area contributed by atoms with Gasteiger partial charge in [0.05, 0.1) is 13.0 Å². The molecule has 43 heavy (non-hydrogen) atoms. The standard InChI is InChI=1S/C38H68O5/c1-4-7-10-13-16-17-18-21-24-34-29-35(32-39)31-36(30-34)33-43-37(40)25-26-38(41-27-22-19-14-11-8-5-2)42-28-23-20-15-12-9-6-3/h29-31,38-39H,4-28,32-33H2,1-3H3. The number of carbonyl (C=O) groups is 1. The number of aliphatic hydroxyl groups excluding tert-OH is 1. The van der Waals surface area contributed by atoms with Gasteiger partial charge < -0.3 is 19.3 Å². The molecule has 0 aliphatic heterocycles. The molecule has 0 heterocycles. The van der Waals surface area contributed by atoms with E-state index in [4.69, 9.17) is 14.2 Å². The minimum absolute atomic E-state index is 0.000218. The van der Waals surface area contributed by atoms with Crippen LogP contribution in [0.3, 0.4) is 0 Å². The highest BCUT2D eigenvalue weighted by molar-refractivity contribution is 5.69. The smallest absolute Gasteiger partial charge is 0.306 e. The summed E-state index contributed by atoms with van der Waals surface area (Å²) in [4.78, 5) is 12.7. The van der Waals surface area contributed by atoms with Crippen LogP contribution in [0.4, 0.5) is 0 Å². The third kappa shape index (κ3) is 23.6. The predicted octanol–water partition coefficient (Wildman–Crippen LogP) is 10.8. The fourth-order valence-corrected chi connectivity index (χ4v) is 5.50. The normalized spacial score (nSPS) is 11.5. The van der Waals surface area contributed by atoms with E-state index >= 15 is 0 Å². The predicted molar refractivity (Wildman–Crippen MR) is 180 cm³/mol. The lowest BCUT2D eigenvalue weighted by molar-refractivity contribution is -0.160. The molecule has 0 amide bonds. The lowest BCUT2D eigenvalue weighted by Crippen LogP contribution is -2.21. The Bertz CT molecular complexity index is 747. The van der Waals surface area contributed by atoms with Crippen molar-refractivity contribution in [3.63, 3.8) is 0 Å². The van der Waals surface area contributed by atoms with Crippen LogP contribution in [-0.2, 0) is 38.6 Å². The second-order valence-corrected chi connectivity index (χ2v) is 12.4. The van der Waals surface area contributed by atoms with Gasteiger partial charge in [-0.1, -0.05) is 148 Å². The first-order chi connectivity index (χ1) is 21.1. The maximum absolute atomic E-state index is 12.7. The number of hydrogen-bond acceptors (Lipinski definition) is 5. The Morgan fingerprint density at radius 1 is 0.605 bits per heavy atom. The molecule has 0 radical (unpaired) electrons. The summed E-state index contributed by atoms with van der Waals surface area (Å²) in [5.74, 6) is -0.227. The van der Waals surface area contributed by atoms with E-state index in [1.165, 1.54) is 115 Å². The van der Waals surface area contributed by atoms with Crippen molar-refractivity contribution in [3.8, 4) is 0 Å². The number of hydrogen-bond donors (Lipinski definition) is 1. The highest BCUT2D eigenvalue weighted by Crippen LogP contribution is 2.17. The lowest BCUT2D eigenvalue weighted by atomic mass is 10.0. The Kier molecular flexibility index (Phi) is 27.0. The molecule has 1 rings (SSSR count). The Morgan fingerprint density at radius 2 is 1.05 bits per heavy atom. The monoisotopic (exact) mass is 605 g/mol. The van der Waals surface area contributed by atoms with Gasteiger partial charge in [-0.3, -0.25) is 4.79 Å². The van der Waals surface area contributed by atoms with Crippen LogP contribution in [0.15, 0.2) is 18.2 Å². The summed E-state index contributed by atoms with van der Waals surface area (Å²) in [6.07, 6.45) is 26.5. The van der Waals surface area contributed by atoms with Crippen LogP contribution >= 0.6 is 0 Å². The maximum atomic E-state index is 12.7. The second-order valence-electron chi connectivity index (χ2n) is 12.4. The maximum Gasteiger partial charge on any atom is 0.306 e. The van der Waals surface area contributed by atoms with Gasteiger partial charge in [-0.25, -0.2) is 0 Å². The summed E-state index contributed by atoms with van der Waals surface area (Å²) < 4.78 is 17.8. The molecular formula is C38H68O5. The number of carbonyl (C=O) groups excluding carboxylic acids is 1. The minimum atomic E-state index is -0.352. The van der Waals surface area contributed by atoms with Crippen LogP contribution < -0.4 is 0 Å². The molecule has 0 bridgehead atoms. The molecule has 0 atom stereocenters. The zero-order valence-corrected chi connectivity index (χ0v) is 28.5. The molecule has 1 N–H and O–H groups in total. The number of rotatable bonds is 31. The fraction of sp³-hybridized carbons (Fsp3) is 0.816.